The summed E-state index contributed by atoms with van der Waals surface area (Å²) in [5, 5.41) is 0. The van der Waals surface area contributed by atoms with Gasteiger partial charge in [0, 0.05) is 23.6 Å². The average molecular weight is 315 g/mol. The lowest BCUT2D eigenvalue weighted by Gasteiger charge is -2.08. The predicted octanol–water partition coefficient (Wildman–Crippen LogP) is 0.964. The molecule has 90 valence electrons. The van der Waals surface area contributed by atoms with Crippen LogP contribution in [0.5, 0.6) is 0 Å². The van der Waals surface area contributed by atoms with Crippen LogP contribution in [0.25, 0.3) is 0 Å². The number of halogens is 3. The van der Waals surface area contributed by atoms with Crippen molar-refractivity contribution in [2.24, 2.45) is 5.73 Å². The first kappa shape index (κ1) is 13.5. The minimum Gasteiger partial charge on any atom is -0.329 e. The van der Waals surface area contributed by atoms with Crippen LogP contribution < -0.4 is 10.5 Å². The Labute approximate surface area is 100 Å². The Morgan fingerprint density at radius 1 is 1.38 bits per heavy atom. The molecule has 0 heterocycles. The monoisotopic (exact) mass is 314 g/mol. The highest BCUT2D eigenvalue weighted by Crippen LogP contribution is 2.25. The molecule has 0 unspecified atom stereocenters. The van der Waals surface area contributed by atoms with Crippen molar-refractivity contribution in [2.75, 3.05) is 13.1 Å². The smallest absolute Gasteiger partial charge is 0.244 e. The average Bonchev–Trinajstić information content (AvgIpc) is 2.12. The van der Waals surface area contributed by atoms with E-state index in [0.29, 0.717) is 6.07 Å². The second-order valence-corrected chi connectivity index (χ2v) is 5.44. The molecule has 1 rings (SSSR count). The van der Waals surface area contributed by atoms with Gasteiger partial charge in [-0.05, 0) is 22.0 Å². The molecule has 0 atom stereocenters. The first-order chi connectivity index (χ1) is 7.38. The van der Waals surface area contributed by atoms with Crippen LogP contribution in [-0.2, 0) is 10.0 Å². The number of sulfonamides is 1. The van der Waals surface area contributed by atoms with Crippen molar-refractivity contribution < 1.29 is 17.2 Å². The van der Waals surface area contributed by atoms with Crippen molar-refractivity contribution >= 4 is 26.0 Å². The molecule has 16 heavy (non-hydrogen) atoms. The van der Waals surface area contributed by atoms with E-state index in [1.165, 1.54) is 0 Å². The van der Waals surface area contributed by atoms with Crippen LogP contribution in [-0.4, -0.2) is 21.5 Å². The molecule has 0 aromatic heterocycles. The van der Waals surface area contributed by atoms with Gasteiger partial charge in [-0.1, -0.05) is 0 Å². The van der Waals surface area contributed by atoms with Crippen molar-refractivity contribution in [3.05, 3.63) is 28.2 Å². The second-order valence-electron chi connectivity index (χ2n) is 2.89. The Bertz CT molecular complexity index is 470. The highest BCUT2D eigenvalue weighted by atomic mass is 79.9. The molecule has 8 heteroatoms. The van der Waals surface area contributed by atoms with Crippen molar-refractivity contribution in [2.45, 2.75) is 4.90 Å². The molecule has 0 radical (unpaired) electrons. The minimum absolute atomic E-state index is 0.0222. The third kappa shape index (κ3) is 2.97. The SMILES string of the molecule is NCCNS(=O)(=O)c1c(F)cc(F)cc1Br. The van der Waals surface area contributed by atoms with Gasteiger partial charge in [-0.15, -0.1) is 0 Å². The van der Waals surface area contributed by atoms with Gasteiger partial charge in [0.1, 0.15) is 16.5 Å². The Kier molecular flexibility index (Phi) is 4.36. The van der Waals surface area contributed by atoms with Gasteiger partial charge in [0.25, 0.3) is 0 Å². The fourth-order valence-electron chi connectivity index (χ4n) is 1.05. The Hall–Kier alpha value is -0.570. The Morgan fingerprint density at radius 2 is 2.00 bits per heavy atom. The van der Waals surface area contributed by atoms with Crippen molar-refractivity contribution in [1.29, 1.82) is 0 Å². The molecule has 0 amide bonds. The highest BCUT2D eigenvalue weighted by Gasteiger charge is 2.22. The summed E-state index contributed by atoms with van der Waals surface area (Å²) >= 11 is 2.80. The zero-order valence-electron chi connectivity index (χ0n) is 8.00. The van der Waals surface area contributed by atoms with Crippen LogP contribution in [0.3, 0.4) is 0 Å². The zero-order chi connectivity index (χ0) is 12.3. The summed E-state index contributed by atoms with van der Waals surface area (Å²) in [6.07, 6.45) is 0. The molecule has 3 N–H and O–H groups in total. The van der Waals surface area contributed by atoms with Crippen molar-refractivity contribution in [1.82, 2.24) is 4.72 Å². The van der Waals surface area contributed by atoms with Gasteiger partial charge in [0.15, 0.2) is 0 Å². The summed E-state index contributed by atoms with van der Waals surface area (Å²) < 4.78 is 51.1. The van der Waals surface area contributed by atoms with Gasteiger partial charge in [-0.25, -0.2) is 21.9 Å². The molecule has 0 saturated carbocycles. The van der Waals surface area contributed by atoms with Crippen LogP contribution in [0.2, 0.25) is 0 Å². The lowest BCUT2D eigenvalue weighted by Crippen LogP contribution is -2.30. The number of nitrogens with two attached hydrogens (primary N) is 1. The summed E-state index contributed by atoms with van der Waals surface area (Å²) in [5.74, 6) is -2.02. The van der Waals surface area contributed by atoms with Crippen LogP contribution in [0.15, 0.2) is 21.5 Å². The lowest BCUT2D eigenvalue weighted by molar-refractivity contribution is 0.541. The van der Waals surface area contributed by atoms with Gasteiger partial charge in [-0.2, -0.15) is 0 Å². The summed E-state index contributed by atoms with van der Waals surface area (Å²) in [7, 11) is -4.02. The predicted molar refractivity (Wildman–Crippen MR) is 58.3 cm³/mol. The standard InChI is InChI=1S/C8H9BrF2N2O2S/c9-6-3-5(10)4-7(11)8(6)16(14,15)13-2-1-12/h3-4,13H,1-2,12H2. The third-order valence-electron chi connectivity index (χ3n) is 1.67. The fraction of sp³-hybridized carbons (Fsp3) is 0.250. The molecule has 0 bridgehead atoms. The van der Waals surface area contributed by atoms with Crippen LogP contribution in [0.1, 0.15) is 0 Å². The third-order valence-corrected chi connectivity index (χ3v) is 4.09. The van der Waals surface area contributed by atoms with E-state index in [4.69, 9.17) is 5.73 Å². The van der Waals surface area contributed by atoms with Gasteiger partial charge < -0.3 is 5.73 Å². The maximum Gasteiger partial charge on any atom is 0.244 e. The molecule has 4 nitrogen and oxygen atoms in total. The van der Waals surface area contributed by atoms with Crippen LogP contribution in [0.4, 0.5) is 8.78 Å². The summed E-state index contributed by atoms with van der Waals surface area (Å²) in [5.41, 5.74) is 5.12. The number of nitrogens with one attached hydrogen (secondary N) is 1. The van der Waals surface area contributed by atoms with E-state index in [9.17, 15) is 17.2 Å². The lowest BCUT2D eigenvalue weighted by atomic mass is 10.3. The molecular weight excluding hydrogens is 306 g/mol. The number of hydrogen-bond acceptors (Lipinski definition) is 3. The quantitative estimate of drug-likeness (QED) is 0.869. The maximum atomic E-state index is 13.3. The van der Waals surface area contributed by atoms with E-state index < -0.39 is 26.6 Å². The normalized spacial score (nSPS) is 11.8. The number of hydrogen-bond donors (Lipinski definition) is 2. The molecule has 1 aromatic carbocycles. The molecular formula is C8H9BrF2N2O2S. The summed E-state index contributed by atoms with van der Waals surface area (Å²) in [6.45, 7) is 0.0608. The summed E-state index contributed by atoms with van der Waals surface area (Å²) in [6, 6.07) is 1.38. The van der Waals surface area contributed by atoms with E-state index in [-0.39, 0.29) is 17.6 Å². The Morgan fingerprint density at radius 3 is 2.50 bits per heavy atom. The van der Waals surface area contributed by atoms with E-state index in [1.807, 2.05) is 0 Å². The van der Waals surface area contributed by atoms with Gasteiger partial charge in [-0.3, -0.25) is 0 Å². The van der Waals surface area contributed by atoms with Gasteiger partial charge in [0.05, 0.1) is 0 Å². The van der Waals surface area contributed by atoms with E-state index in [1.54, 1.807) is 0 Å². The largest absolute Gasteiger partial charge is 0.329 e. The Balaban J connectivity index is 3.23. The first-order valence-corrected chi connectivity index (χ1v) is 6.50. The van der Waals surface area contributed by atoms with Crippen LogP contribution >= 0.6 is 15.9 Å². The molecule has 0 saturated heterocycles. The topological polar surface area (TPSA) is 72.2 Å². The molecule has 1 aromatic rings. The molecule has 0 aliphatic heterocycles. The summed E-state index contributed by atoms with van der Waals surface area (Å²) in [4.78, 5) is -0.623. The molecule has 0 fully saturated rings. The van der Waals surface area contributed by atoms with Gasteiger partial charge in [0.2, 0.25) is 10.0 Å². The van der Waals surface area contributed by atoms with Crippen molar-refractivity contribution in [3.63, 3.8) is 0 Å². The van der Waals surface area contributed by atoms with Crippen LogP contribution in [0, 0.1) is 11.6 Å². The molecule has 0 spiro atoms. The molecule has 0 aliphatic carbocycles. The second kappa shape index (κ2) is 5.17. The van der Waals surface area contributed by atoms with Crippen molar-refractivity contribution in [3.8, 4) is 0 Å². The van der Waals surface area contributed by atoms with E-state index in [0.717, 1.165) is 6.07 Å². The van der Waals surface area contributed by atoms with E-state index >= 15 is 0 Å². The zero-order valence-corrected chi connectivity index (χ0v) is 10.4. The molecule has 0 aliphatic rings. The first-order valence-electron chi connectivity index (χ1n) is 4.23. The van der Waals surface area contributed by atoms with Gasteiger partial charge >= 0.3 is 0 Å². The number of rotatable bonds is 4. The number of benzene rings is 1. The fourth-order valence-corrected chi connectivity index (χ4v) is 3.26. The minimum atomic E-state index is -4.02. The maximum absolute atomic E-state index is 13.3. The highest BCUT2D eigenvalue weighted by molar-refractivity contribution is 9.10. The van der Waals surface area contributed by atoms with E-state index in [2.05, 4.69) is 20.7 Å².